The number of nitrogens with zero attached hydrogens (tertiary/aromatic N) is 3. The van der Waals surface area contributed by atoms with E-state index in [1.165, 1.54) is 11.3 Å². The Balaban J connectivity index is 2.07. The molecule has 1 N–H and O–H groups in total. The molecule has 0 bridgehead atoms. The van der Waals surface area contributed by atoms with Crippen LogP contribution in [0.15, 0.2) is 0 Å². The van der Waals surface area contributed by atoms with E-state index in [9.17, 15) is 4.79 Å². The van der Waals surface area contributed by atoms with Gasteiger partial charge in [0.1, 0.15) is 0 Å². The van der Waals surface area contributed by atoms with E-state index in [1.807, 2.05) is 23.6 Å². The van der Waals surface area contributed by atoms with Gasteiger partial charge in [-0.25, -0.2) is 0 Å². The predicted molar refractivity (Wildman–Crippen MR) is 71.9 cm³/mol. The van der Waals surface area contributed by atoms with Gasteiger partial charge in [0, 0.05) is 30.6 Å². The van der Waals surface area contributed by atoms with Gasteiger partial charge < -0.3 is 10.2 Å². The summed E-state index contributed by atoms with van der Waals surface area (Å²) in [6.45, 7) is 5.67. The number of rotatable bonds is 3. The highest BCUT2D eigenvalue weighted by atomic mass is 32.2. The first-order valence-corrected chi connectivity index (χ1v) is 7.65. The van der Waals surface area contributed by atoms with E-state index in [-0.39, 0.29) is 11.9 Å². The van der Waals surface area contributed by atoms with Gasteiger partial charge >= 0.3 is 0 Å². The number of carbonyl (C=O) groups is 1. The number of hydrogen-bond donors (Lipinski definition) is 1. The Hall–Kier alpha value is -0.820. The molecule has 0 spiro atoms. The molecule has 0 aromatic carbocycles. The van der Waals surface area contributed by atoms with Crippen molar-refractivity contribution in [2.24, 2.45) is 0 Å². The van der Waals surface area contributed by atoms with Gasteiger partial charge in [-0.05, 0) is 13.8 Å². The van der Waals surface area contributed by atoms with Crippen LogP contribution in [0.25, 0.3) is 0 Å². The third kappa shape index (κ3) is 2.90. The molecule has 17 heavy (non-hydrogen) atoms. The quantitative estimate of drug-likeness (QED) is 0.904. The average molecular weight is 272 g/mol. The first-order chi connectivity index (χ1) is 8.22. The molecular formula is C10H16N4OS2. The number of amides is 1. The second-order valence-corrected chi connectivity index (χ2v) is 5.99. The van der Waals surface area contributed by atoms with Gasteiger partial charge in [0.25, 0.3) is 5.91 Å². The van der Waals surface area contributed by atoms with E-state index < -0.39 is 0 Å². The molecule has 2 rings (SSSR count). The number of nitrogens with one attached hydrogen (secondary N) is 1. The summed E-state index contributed by atoms with van der Waals surface area (Å²) in [6, 6.07) is 0.285. The molecule has 7 heteroatoms. The number of aromatic nitrogens is 2. The summed E-state index contributed by atoms with van der Waals surface area (Å²) < 4.78 is 0. The smallest absolute Gasteiger partial charge is 0.285 e. The molecule has 1 aromatic rings. The van der Waals surface area contributed by atoms with E-state index in [0.717, 1.165) is 29.7 Å². The van der Waals surface area contributed by atoms with Crippen LogP contribution in [0, 0.1) is 0 Å². The molecule has 0 saturated carbocycles. The number of thioether (sulfide) groups is 1. The fourth-order valence-corrected chi connectivity index (χ4v) is 3.47. The van der Waals surface area contributed by atoms with Gasteiger partial charge in [0.2, 0.25) is 10.1 Å². The Kier molecular flexibility index (Phi) is 4.22. The Bertz CT molecular complexity index is 395. The van der Waals surface area contributed by atoms with Gasteiger partial charge in [-0.3, -0.25) is 4.79 Å². The zero-order chi connectivity index (χ0) is 12.3. The lowest BCUT2D eigenvalue weighted by Crippen LogP contribution is -2.44. The average Bonchev–Trinajstić information content (AvgIpc) is 2.78. The monoisotopic (exact) mass is 272 g/mol. The largest absolute Gasteiger partial charge is 0.360 e. The molecule has 1 aromatic heterocycles. The van der Waals surface area contributed by atoms with Crippen molar-refractivity contribution in [3.63, 3.8) is 0 Å². The zero-order valence-electron chi connectivity index (χ0n) is 9.97. The standard InChI is InChI=1S/C10H16N4OS2/c1-3-11-10-13-12-8(17-10)9(15)14-4-5-16-6-7(14)2/h7H,3-6H2,1-2H3,(H,11,13). The first kappa shape index (κ1) is 12.6. The molecule has 0 aliphatic carbocycles. The molecule has 5 nitrogen and oxygen atoms in total. The molecule has 1 atom stereocenters. The maximum absolute atomic E-state index is 12.2. The van der Waals surface area contributed by atoms with E-state index in [0.29, 0.717) is 5.01 Å². The number of carbonyl (C=O) groups excluding carboxylic acids is 1. The minimum atomic E-state index is 0.0134. The van der Waals surface area contributed by atoms with Crippen molar-refractivity contribution in [1.29, 1.82) is 0 Å². The molecule has 1 fully saturated rings. The molecular weight excluding hydrogens is 256 g/mol. The summed E-state index contributed by atoms with van der Waals surface area (Å²) in [6.07, 6.45) is 0. The Morgan fingerprint density at radius 3 is 3.12 bits per heavy atom. The van der Waals surface area contributed by atoms with Crippen molar-refractivity contribution in [2.45, 2.75) is 19.9 Å². The lowest BCUT2D eigenvalue weighted by molar-refractivity contribution is 0.0715. The van der Waals surface area contributed by atoms with E-state index in [1.54, 1.807) is 0 Å². The molecule has 1 aliphatic rings. The third-order valence-electron chi connectivity index (χ3n) is 2.56. The van der Waals surface area contributed by atoms with E-state index >= 15 is 0 Å². The van der Waals surface area contributed by atoms with Crippen molar-refractivity contribution < 1.29 is 4.79 Å². The lowest BCUT2D eigenvalue weighted by atomic mass is 10.3. The van der Waals surface area contributed by atoms with Crippen LogP contribution in [0.3, 0.4) is 0 Å². The topological polar surface area (TPSA) is 58.1 Å². The summed E-state index contributed by atoms with van der Waals surface area (Å²) in [5.74, 6) is 2.03. The molecule has 94 valence electrons. The Morgan fingerprint density at radius 1 is 1.59 bits per heavy atom. The van der Waals surface area contributed by atoms with Gasteiger partial charge in [0.15, 0.2) is 0 Å². The predicted octanol–water partition coefficient (Wildman–Crippen LogP) is 1.55. The van der Waals surface area contributed by atoms with Crippen LogP contribution in [-0.4, -0.2) is 51.6 Å². The third-order valence-corrected chi connectivity index (χ3v) is 4.62. The normalized spacial score (nSPS) is 20.4. The zero-order valence-corrected chi connectivity index (χ0v) is 11.6. The minimum Gasteiger partial charge on any atom is -0.360 e. The van der Waals surface area contributed by atoms with Crippen LogP contribution in [0.2, 0.25) is 0 Å². The van der Waals surface area contributed by atoms with E-state index in [4.69, 9.17) is 0 Å². The fourth-order valence-electron chi connectivity index (χ4n) is 1.68. The van der Waals surface area contributed by atoms with Crippen LogP contribution in [0.4, 0.5) is 5.13 Å². The summed E-state index contributed by atoms with van der Waals surface area (Å²) in [7, 11) is 0. The SMILES string of the molecule is CCNc1nnc(C(=O)N2CCSCC2C)s1. The van der Waals surface area contributed by atoms with Gasteiger partial charge in [-0.15, -0.1) is 10.2 Å². The molecule has 1 unspecified atom stereocenters. The highest BCUT2D eigenvalue weighted by Gasteiger charge is 2.26. The van der Waals surface area contributed by atoms with Gasteiger partial charge in [0.05, 0.1) is 0 Å². The highest BCUT2D eigenvalue weighted by Crippen LogP contribution is 2.21. The molecule has 1 amide bonds. The van der Waals surface area contributed by atoms with Crippen LogP contribution in [0.5, 0.6) is 0 Å². The van der Waals surface area contributed by atoms with Crippen molar-refractivity contribution in [3.05, 3.63) is 5.01 Å². The molecule has 2 heterocycles. The Morgan fingerprint density at radius 2 is 2.41 bits per heavy atom. The second-order valence-electron chi connectivity index (χ2n) is 3.87. The van der Waals surface area contributed by atoms with E-state index in [2.05, 4.69) is 22.4 Å². The first-order valence-electron chi connectivity index (χ1n) is 5.68. The highest BCUT2D eigenvalue weighted by molar-refractivity contribution is 7.99. The molecule has 1 aliphatic heterocycles. The van der Waals surface area contributed by atoms with Crippen LogP contribution < -0.4 is 5.32 Å². The maximum atomic E-state index is 12.2. The fraction of sp³-hybridized carbons (Fsp3) is 0.700. The van der Waals surface area contributed by atoms with Crippen LogP contribution >= 0.6 is 23.1 Å². The van der Waals surface area contributed by atoms with Crippen LogP contribution in [0.1, 0.15) is 23.6 Å². The maximum Gasteiger partial charge on any atom is 0.285 e. The van der Waals surface area contributed by atoms with Crippen molar-refractivity contribution in [1.82, 2.24) is 15.1 Å². The molecule has 0 radical (unpaired) electrons. The Labute approximate surface area is 109 Å². The van der Waals surface area contributed by atoms with Crippen molar-refractivity contribution in [2.75, 3.05) is 29.9 Å². The van der Waals surface area contributed by atoms with Crippen LogP contribution in [-0.2, 0) is 0 Å². The van der Waals surface area contributed by atoms with Gasteiger partial charge in [-0.2, -0.15) is 11.8 Å². The summed E-state index contributed by atoms with van der Waals surface area (Å²) >= 11 is 3.22. The summed E-state index contributed by atoms with van der Waals surface area (Å²) in [4.78, 5) is 14.1. The number of hydrogen-bond acceptors (Lipinski definition) is 6. The minimum absolute atomic E-state index is 0.0134. The molecule has 1 saturated heterocycles. The van der Waals surface area contributed by atoms with Crippen molar-refractivity contribution >= 4 is 34.1 Å². The lowest BCUT2D eigenvalue weighted by Gasteiger charge is -2.32. The van der Waals surface area contributed by atoms with Gasteiger partial charge in [-0.1, -0.05) is 11.3 Å². The van der Waals surface area contributed by atoms with Crippen molar-refractivity contribution in [3.8, 4) is 0 Å². The second kappa shape index (κ2) is 5.68. The summed E-state index contributed by atoms with van der Waals surface area (Å²) in [5, 5.41) is 12.2. The number of anilines is 1. The summed E-state index contributed by atoms with van der Waals surface area (Å²) in [5.41, 5.74) is 0.